The summed E-state index contributed by atoms with van der Waals surface area (Å²) in [4.78, 5) is 25.9. The first-order valence-electron chi connectivity index (χ1n) is 24.1. The number of allylic oxidation sites excluding steroid dienone is 1. The van der Waals surface area contributed by atoms with Crippen LogP contribution in [-0.2, 0) is 19.0 Å². The first kappa shape index (κ1) is 49.1. The molecule has 0 radical (unpaired) electrons. The van der Waals surface area contributed by atoms with Crippen LogP contribution in [0.4, 0.5) is 4.79 Å². The quantitative estimate of drug-likeness (QED) is 0.113. The van der Waals surface area contributed by atoms with Gasteiger partial charge in [0.2, 0.25) is 5.91 Å². The lowest BCUT2D eigenvalue weighted by atomic mass is 9.47. The third kappa shape index (κ3) is 13.2. The maximum atomic E-state index is 13.3. The van der Waals surface area contributed by atoms with Crippen molar-refractivity contribution in [2.75, 3.05) is 13.2 Å². The van der Waals surface area contributed by atoms with Crippen molar-refractivity contribution in [2.45, 2.75) is 236 Å². The minimum Gasteiger partial charge on any atom is -0.446 e. The minimum atomic E-state index is -0.555. The molecule has 3 fully saturated rings. The van der Waals surface area contributed by atoms with Gasteiger partial charge in [0.15, 0.2) is 0 Å². The van der Waals surface area contributed by atoms with Crippen LogP contribution >= 0.6 is 0 Å². The van der Waals surface area contributed by atoms with Gasteiger partial charge in [-0.25, -0.2) is 4.79 Å². The van der Waals surface area contributed by atoms with Crippen molar-refractivity contribution in [3.63, 3.8) is 0 Å². The molecule has 0 aromatic rings. The number of hydrogen-bond acceptors (Lipinski definition) is 5. The van der Waals surface area contributed by atoms with Gasteiger partial charge in [0.1, 0.15) is 6.10 Å². The number of amides is 2. The molecule has 9 atom stereocenters. The van der Waals surface area contributed by atoms with Gasteiger partial charge in [-0.15, -0.1) is 0 Å². The van der Waals surface area contributed by atoms with E-state index in [1.54, 1.807) is 5.57 Å². The van der Waals surface area contributed by atoms with Crippen LogP contribution < -0.4 is 10.6 Å². The third-order valence-corrected chi connectivity index (χ3v) is 15.6. The molecule has 7 nitrogen and oxygen atoms in total. The minimum absolute atomic E-state index is 0.0324. The van der Waals surface area contributed by atoms with Gasteiger partial charge in [-0.3, -0.25) is 4.79 Å². The van der Waals surface area contributed by atoms with E-state index in [2.05, 4.69) is 107 Å². The highest BCUT2D eigenvalue weighted by Crippen LogP contribution is 2.67. The first-order chi connectivity index (χ1) is 26.8. The zero-order valence-corrected chi connectivity index (χ0v) is 40.5. The lowest BCUT2D eigenvalue weighted by molar-refractivity contribution is -0.153. The number of carbonyl (C=O) groups excluding carboxylic acids is 2. The molecule has 0 aliphatic heterocycles. The molecule has 4 rings (SSSR count). The number of nitrogens with one attached hydrogen (secondary N) is 2. The van der Waals surface area contributed by atoms with E-state index < -0.39 is 16.8 Å². The first-order valence-corrected chi connectivity index (χ1v) is 24.1. The molecule has 0 spiro atoms. The second kappa shape index (κ2) is 19.6. The molecule has 7 heteroatoms. The summed E-state index contributed by atoms with van der Waals surface area (Å²) in [6.45, 7) is 34.6. The smallest absolute Gasteiger partial charge is 0.407 e. The van der Waals surface area contributed by atoms with Crippen LogP contribution in [0.2, 0.25) is 0 Å². The lowest BCUT2D eigenvalue weighted by Crippen LogP contribution is -2.51. The normalized spacial score (nSPS) is 30.1. The van der Waals surface area contributed by atoms with E-state index >= 15 is 0 Å². The fourth-order valence-electron chi connectivity index (χ4n) is 13.1. The zero-order chi connectivity index (χ0) is 43.3. The van der Waals surface area contributed by atoms with E-state index in [1.165, 1.54) is 51.4 Å². The summed E-state index contributed by atoms with van der Waals surface area (Å²) in [6.07, 6.45) is 20.0. The summed E-state index contributed by atoms with van der Waals surface area (Å²) in [5.41, 5.74) is 0.705. The summed E-state index contributed by atoms with van der Waals surface area (Å²) < 4.78 is 19.1. The predicted molar refractivity (Wildman–Crippen MR) is 241 cm³/mol. The molecule has 0 aromatic heterocycles. The maximum Gasteiger partial charge on any atom is 0.407 e. The van der Waals surface area contributed by atoms with Crippen molar-refractivity contribution in [1.82, 2.24) is 10.6 Å². The summed E-state index contributed by atoms with van der Waals surface area (Å²) in [5.74, 6) is 5.01. The molecule has 3 saturated carbocycles. The Kier molecular flexibility index (Phi) is 16.6. The highest BCUT2D eigenvalue weighted by Gasteiger charge is 2.59. The fourth-order valence-corrected chi connectivity index (χ4v) is 13.1. The Hall–Kier alpha value is -1.60. The van der Waals surface area contributed by atoms with E-state index in [0.717, 1.165) is 74.0 Å². The molecule has 6 unspecified atom stereocenters. The summed E-state index contributed by atoms with van der Waals surface area (Å²) in [6, 6.07) is 0.177. The van der Waals surface area contributed by atoms with Gasteiger partial charge in [0.05, 0.1) is 29.8 Å². The van der Waals surface area contributed by atoms with Crippen molar-refractivity contribution in [1.29, 1.82) is 0 Å². The van der Waals surface area contributed by atoms with Gasteiger partial charge in [-0.1, -0.05) is 92.7 Å². The Morgan fingerprint density at radius 3 is 2.24 bits per heavy atom. The van der Waals surface area contributed by atoms with Crippen LogP contribution in [0.1, 0.15) is 207 Å². The SMILES string of the molecule is CCCC(C)NC(=O)CC(C)(C)OCCC(C)(C)OC(C)(C)CC(C)(C)CNC(=O)O[C@H]1CC[C@@]2(C)C(=CCC3C4CCC(C(C)CCCC(C)C)[C@@]4(C)CCC32)C1. The van der Waals surface area contributed by atoms with E-state index in [1.807, 2.05) is 13.8 Å². The Morgan fingerprint density at radius 2 is 1.57 bits per heavy atom. The molecule has 336 valence electrons. The van der Waals surface area contributed by atoms with Crippen LogP contribution in [-0.4, -0.2) is 54.1 Å². The van der Waals surface area contributed by atoms with Crippen LogP contribution in [0.15, 0.2) is 11.6 Å². The molecular weight excluding hydrogens is 721 g/mol. The van der Waals surface area contributed by atoms with E-state index in [-0.39, 0.29) is 35.0 Å². The average molecular weight is 813 g/mol. The van der Waals surface area contributed by atoms with Crippen molar-refractivity contribution in [3.8, 4) is 0 Å². The van der Waals surface area contributed by atoms with Gasteiger partial charge in [0.25, 0.3) is 0 Å². The van der Waals surface area contributed by atoms with Crippen molar-refractivity contribution >= 4 is 12.0 Å². The summed E-state index contributed by atoms with van der Waals surface area (Å²) in [7, 11) is 0. The van der Waals surface area contributed by atoms with Gasteiger partial charge >= 0.3 is 6.09 Å². The second-order valence-electron chi connectivity index (χ2n) is 23.7. The van der Waals surface area contributed by atoms with Gasteiger partial charge in [0, 0.05) is 19.0 Å². The Morgan fingerprint density at radius 1 is 0.862 bits per heavy atom. The van der Waals surface area contributed by atoms with Gasteiger partial charge in [-0.2, -0.15) is 0 Å². The Labute approximate surface area is 357 Å². The molecule has 2 amide bonds. The largest absolute Gasteiger partial charge is 0.446 e. The fraction of sp³-hybridized carbons (Fsp3) is 0.922. The molecule has 0 heterocycles. The molecule has 4 aliphatic rings. The van der Waals surface area contributed by atoms with Crippen LogP contribution in [0, 0.1) is 51.8 Å². The third-order valence-electron chi connectivity index (χ3n) is 15.6. The topological polar surface area (TPSA) is 85.9 Å². The number of ether oxygens (including phenoxy) is 3. The number of rotatable bonds is 21. The summed E-state index contributed by atoms with van der Waals surface area (Å²) in [5, 5.41) is 6.23. The molecule has 4 aliphatic carbocycles. The number of carbonyl (C=O) groups is 2. The lowest BCUT2D eigenvalue weighted by Gasteiger charge is -2.58. The van der Waals surface area contributed by atoms with Gasteiger partial charge in [-0.05, 0) is 164 Å². The van der Waals surface area contributed by atoms with Gasteiger partial charge < -0.3 is 24.8 Å². The van der Waals surface area contributed by atoms with Crippen LogP contribution in [0.3, 0.4) is 0 Å². The predicted octanol–water partition coefficient (Wildman–Crippen LogP) is 13.0. The van der Waals surface area contributed by atoms with Crippen LogP contribution in [0.5, 0.6) is 0 Å². The monoisotopic (exact) mass is 813 g/mol. The molecule has 0 aromatic carbocycles. The van der Waals surface area contributed by atoms with E-state index in [4.69, 9.17) is 14.2 Å². The highest BCUT2D eigenvalue weighted by molar-refractivity contribution is 5.77. The number of hydrogen-bond donors (Lipinski definition) is 2. The second-order valence-corrected chi connectivity index (χ2v) is 23.7. The Balaban J connectivity index is 1.22. The standard InChI is InChI=1S/C51H92N2O5/c1-16-18-37(5)53-44(54)32-48(10,11)56-30-29-47(8,9)58-49(12,13)33-46(6,7)34-52-45(55)57-39-25-27-50(14)38(31-39)21-22-40-42-24-23-41(36(4)20-17-19-35(2)3)51(42,15)28-26-43(40)50/h21,35-37,39-43H,16-20,22-34H2,1-15H3,(H,52,55)(H,53,54)/t36?,37?,39-,40?,41?,42?,43?,50-,51+/m0/s1. The van der Waals surface area contributed by atoms with Crippen molar-refractivity contribution in [3.05, 3.63) is 11.6 Å². The highest BCUT2D eigenvalue weighted by atomic mass is 16.6. The van der Waals surface area contributed by atoms with E-state index in [0.29, 0.717) is 31.4 Å². The number of alkyl carbamates (subject to hydrolysis) is 1. The average Bonchev–Trinajstić information content (AvgIpc) is 3.43. The maximum absolute atomic E-state index is 13.3. The molecule has 58 heavy (non-hydrogen) atoms. The molecule has 0 bridgehead atoms. The van der Waals surface area contributed by atoms with Crippen molar-refractivity contribution in [2.24, 2.45) is 51.8 Å². The van der Waals surface area contributed by atoms with Crippen LogP contribution in [0.25, 0.3) is 0 Å². The van der Waals surface area contributed by atoms with E-state index in [9.17, 15) is 9.59 Å². The molecular formula is C51H92N2O5. The summed E-state index contributed by atoms with van der Waals surface area (Å²) >= 11 is 0. The molecule has 0 saturated heterocycles. The van der Waals surface area contributed by atoms with Crippen molar-refractivity contribution < 1.29 is 23.8 Å². The zero-order valence-electron chi connectivity index (χ0n) is 40.5. The Bertz CT molecular complexity index is 1380. The number of fused-ring (bicyclic) bond motifs is 5. The molecule has 2 N–H and O–H groups in total.